The van der Waals surface area contributed by atoms with Crippen LogP contribution in [0.5, 0.6) is 11.5 Å². The van der Waals surface area contributed by atoms with E-state index in [2.05, 4.69) is 0 Å². The average Bonchev–Trinajstić information content (AvgIpc) is 2.41. The number of aliphatic hydroxyl groups excluding tert-OH is 1. The number of nitro groups is 1. The molecule has 0 bridgehead atoms. The predicted octanol–water partition coefficient (Wildman–Crippen LogP) is 3.19. The Morgan fingerprint density at radius 2 is 1.79 bits per heavy atom. The van der Waals surface area contributed by atoms with Crippen molar-refractivity contribution >= 4 is 5.69 Å². The molecule has 19 heavy (non-hydrogen) atoms. The monoisotopic (exact) mass is 259 g/mol. The minimum atomic E-state index is -0.459. The molecular formula is C14H13NO4. The van der Waals surface area contributed by atoms with E-state index in [1.165, 1.54) is 24.3 Å². The Kier molecular flexibility index (Phi) is 3.77. The van der Waals surface area contributed by atoms with Gasteiger partial charge in [0.1, 0.15) is 11.5 Å². The summed E-state index contributed by atoms with van der Waals surface area (Å²) in [6.07, 6.45) is 0. The normalized spacial score (nSPS) is 10.2. The first-order valence-corrected chi connectivity index (χ1v) is 5.73. The second-order valence-electron chi connectivity index (χ2n) is 4.10. The van der Waals surface area contributed by atoms with Crippen LogP contribution in [0, 0.1) is 17.0 Å². The molecule has 2 aromatic rings. The number of rotatable bonds is 4. The largest absolute Gasteiger partial charge is 0.457 e. The number of non-ortho nitro benzene ring substituents is 1. The standard InChI is InChI=1S/C14H13NO4/c1-10-2-5-14(8-11(10)9-16)19-13-6-3-12(4-7-13)15(17)18/h2-8,16H,9H2,1H3. The van der Waals surface area contributed by atoms with Crippen LogP contribution >= 0.6 is 0 Å². The Labute approximate surface area is 110 Å². The van der Waals surface area contributed by atoms with Crippen LogP contribution in [0.1, 0.15) is 11.1 Å². The number of ether oxygens (including phenoxy) is 1. The lowest BCUT2D eigenvalue weighted by Crippen LogP contribution is -1.91. The lowest BCUT2D eigenvalue weighted by molar-refractivity contribution is -0.384. The first-order valence-electron chi connectivity index (χ1n) is 5.73. The van der Waals surface area contributed by atoms with Crippen LogP contribution in [-0.2, 0) is 6.61 Å². The molecular weight excluding hydrogens is 246 g/mol. The summed E-state index contributed by atoms with van der Waals surface area (Å²) in [6, 6.07) is 11.2. The number of aryl methyl sites for hydroxylation is 1. The van der Waals surface area contributed by atoms with Gasteiger partial charge in [-0.05, 0) is 42.3 Å². The molecule has 0 unspecified atom stereocenters. The van der Waals surface area contributed by atoms with Gasteiger partial charge in [0.25, 0.3) is 5.69 Å². The molecule has 0 spiro atoms. The zero-order chi connectivity index (χ0) is 13.8. The molecule has 0 aliphatic carbocycles. The van der Waals surface area contributed by atoms with E-state index < -0.39 is 4.92 Å². The molecule has 2 aromatic carbocycles. The van der Waals surface area contributed by atoms with Crippen LogP contribution in [0.3, 0.4) is 0 Å². The third kappa shape index (κ3) is 3.08. The number of hydrogen-bond donors (Lipinski definition) is 1. The molecule has 0 heterocycles. The van der Waals surface area contributed by atoms with Crippen molar-refractivity contribution in [3.63, 3.8) is 0 Å². The molecule has 1 N–H and O–H groups in total. The Bertz CT molecular complexity index is 593. The van der Waals surface area contributed by atoms with Gasteiger partial charge in [-0.3, -0.25) is 10.1 Å². The number of hydrogen-bond acceptors (Lipinski definition) is 4. The summed E-state index contributed by atoms with van der Waals surface area (Å²) in [5.74, 6) is 1.10. The molecule has 5 nitrogen and oxygen atoms in total. The quantitative estimate of drug-likeness (QED) is 0.676. The summed E-state index contributed by atoms with van der Waals surface area (Å²) >= 11 is 0. The molecule has 0 fully saturated rings. The zero-order valence-corrected chi connectivity index (χ0v) is 10.4. The van der Waals surface area contributed by atoms with Gasteiger partial charge in [-0.25, -0.2) is 0 Å². The van der Waals surface area contributed by atoms with Gasteiger partial charge in [-0.2, -0.15) is 0 Å². The van der Waals surface area contributed by atoms with Gasteiger partial charge in [0, 0.05) is 12.1 Å². The van der Waals surface area contributed by atoms with E-state index >= 15 is 0 Å². The third-order valence-electron chi connectivity index (χ3n) is 2.77. The van der Waals surface area contributed by atoms with Crippen LogP contribution in [0.4, 0.5) is 5.69 Å². The Morgan fingerprint density at radius 3 is 2.37 bits per heavy atom. The first-order chi connectivity index (χ1) is 9.10. The molecule has 0 atom stereocenters. The van der Waals surface area contributed by atoms with E-state index in [-0.39, 0.29) is 12.3 Å². The highest BCUT2D eigenvalue weighted by Crippen LogP contribution is 2.25. The van der Waals surface area contributed by atoms with Crippen LogP contribution in [0.2, 0.25) is 0 Å². The van der Waals surface area contributed by atoms with E-state index in [4.69, 9.17) is 4.74 Å². The van der Waals surface area contributed by atoms with Gasteiger partial charge >= 0.3 is 0 Å². The fourth-order valence-corrected chi connectivity index (χ4v) is 1.65. The average molecular weight is 259 g/mol. The van der Waals surface area contributed by atoms with Gasteiger partial charge in [0.15, 0.2) is 0 Å². The fourth-order valence-electron chi connectivity index (χ4n) is 1.65. The summed E-state index contributed by atoms with van der Waals surface area (Å²) in [5, 5.41) is 19.7. The molecule has 0 aliphatic heterocycles. The number of aliphatic hydroxyl groups is 1. The molecule has 0 saturated heterocycles. The predicted molar refractivity (Wildman–Crippen MR) is 70.3 cm³/mol. The van der Waals surface area contributed by atoms with Crippen LogP contribution < -0.4 is 4.74 Å². The molecule has 98 valence electrons. The number of nitrogens with zero attached hydrogens (tertiary/aromatic N) is 1. The second-order valence-corrected chi connectivity index (χ2v) is 4.10. The van der Waals surface area contributed by atoms with Crippen molar-refractivity contribution < 1.29 is 14.8 Å². The Hall–Kier alpha value is -2.40. The van der Waals surface area contributed by atoms with Crippen molar-refractivity contribution in [2.24, 2.45) is 0 Å². The van der Waals surface area contributed by atoms with Crippen LogP contribution in [0.25, 0.3) is 0 Å². The molecule has 0 aliphatic rings. The van der Waals surface area contributed by atoms with Gasteiger partial charge in [-0.15, -0.1) is 0 Å². The summed E-state index contributed by atoms with van der Waals surface area (Å²) < 4.78 is 5.58. The lowest BCUT2D eigenvalue weighted by atomic mass is 10.1. The van der Waals surface area contributed by atoms with E-state index in [1.54, 1.807) is 12.1 Å². The maximum absolute atomic E-state index is 10.5. The molecule has 0 aromatic heterocycles. The van der Waals surface area contributed by atoms with E-state index in [0.29, 0.717) is 11.5 Å². The van der Waals surface area contributed by atoms with E-state index in [1.807, 2.05) is 13.0 Å². The third-order valence-corrected chi connectivity index (χ3v) is 2.77. The summed E-state index contributed by atoms with van der Waals surface area (Å²) in [5.41, 5.74) is 1.80. The van der Waals surface area contributed by atoms with Gasteiger partial charge in [-0.1, -0.05) is 6.07 Å². The minimum Gasteiger partial charge on any atom is -0.457 e. The van der Waals surface area contributed by atoms with Crippen molar-refractivity contribution in [2.45, 2.75) is 13.5 Å². The Morgan fingerprint density at radius 1 is 1.16 bits per heavy atom. The Balaban J connectivity index is 2.19. The molecule has 0 amide bonds. The summed E-state index contributed by atoms with van der Waals surface area (Å²) in [7, 11) is 0. The molecule has 0 radical (unpaired) electrons. The van der Waals surface area contributed by atoms with Crippen molar-refractivity contribution in [3.8, 4) is 11.5 Å². The fraction of sp³-hybridized carbons (Fsp3) is 0.143. The summed E-state index contributed by atoms with van der Waals surface area (Å²) in [6.45, 7) is 1.85. The molecule has 0 saturated carbocycles. The van der Waals surface area contributed by atoms with Gasteiger partial charge in [0.05, 0.1) is 11.5 Å². The molecule has 2 rings (SSSR count). The van der Waals surface area contributed by atoms with Crippen molar-refractivity contribution in [1.29, 1.82) is 0 Å². The number of benzene rings is 2. The highest BCUT2D eigenvalue weighted by molar-refractivity contribution is 5.40. The molecule has 5 heteroatoms. The van der Waals surface area contributed by atoms with Crippen LogP contribution in [0.15, 0.2) is 42.5 Å². The van der Waals surface area contributed by atoms with Crippen molar-refractivity contribution in [2.75, 3.05) is 0 Å². The maximum atomic E-state index is 10.5. The maximum Gasteiger partial charge on any atom is 0.269 e. The minimum absolute atomic E-state index is 0.0207. The second kappa shape index (κ2) is 5.49. The zero-order valence-electron chi connectivity index (χ0n) is 10.4. The van der Waals surface area contributed by atoms with E-state index in [9.17, 15) is 15.2 Å². The van der Waals surface area contributed by atoms with Crippen molar-refractivity contribution in [1.82, 2.24) is 0 Å². The summed E-state index contributed by atoms with van der Waals surface area (Å²) in [4.78, 5) is 10.1. The van der Waals surface area contributed by atoms with Crippen LogP contribution in [-0.4, -0.2) is 10.0 Å². The number of nitro benzene ring substituents is 1. The van der Waals surface area contributed by atoms with Crippen molar-refractivity contribution in [3.05, 3.63) is 63.7 Å². The smallest absolute Gasteiger partial charge is 0.269 e. The van der Waals surface area contributed by atoms with E-state index in [0.717, 1.165) is 11.1 Å². The highest BCUT2D eigenvalue weighted by Gasteiger charge is 2.06. The van der Waals surface area contributed by atoms with Gasteiger partial charge in [0.2, 0.25) is 0 Å². The SMILES string of the molecule is Cc1ccc(Oc2ccc([N+](=O)[O-])cc2)cc1CO. The van der Waals surface area contributed by atoms with Gasteiger partial charge < -0.3 is 9.84 Å². The topological polar surface area (TPSA) is 72.6 Å². The highest BCUT2D eigenvalue weighted by atomic mass is 16.6. The first kappa shape index (κ1) is 13.0. The lowest BCUT2D eigenvalue weighted by Gasteiger charge is -2.08.